The fourth-order valence-electron chi connectivity index (χ4n) is 3.00. The Bertz CT molecular complexity index is 824. The molecule has 1 aromatic heterocycles. The maximum absolute atomic E-state index is 12.8. The fourth-order valence-corrected chi connectivity index (χ4v) is 4.57. The largest absolute Gasteiger partial charge is 0.366 e. The van der Waals surface area contributed by atoms with Crippen LogP contribution in [0.25, 0.3) is 0 Å². The van der Waals surface area contributed by atoms with Crippen LogP contribution >= 0.6 is 11.6 Å². The molecule has 7 heteroatoms. The van der Waals surface area contributed by atoms with Crippen molar-refractivity contribution in [2.45, 2.75) is 24.8 Å². The number of rotatable bonds is 3. The van der Waals surface area contributed by atoms with Crippen LogP contribution in [0.2, 0.25) is 5.15 Å². The minimum Gasteiger partial charge on any atom is -0.366 e. The molecular formula is C17H20ClN3O2S. The van der Waals surface area contributed by atoms with E-state index in [2.05, 4.69) is 35.0 Å². The highest BCUT2D eigenvalue weighted by molar-refractivity contribution is 7.89. The Balaban J connectivity index is 1.79. The maximum atomic E-state index is 12.8. The summed E-state index contributed by atoms with van der Waals surface area (Å²) >= 11 is 5.74. The second kappa shape index (κ2) is 6.70. The average molecular weight is 366 g/mol. The van der Waals surface area contributed by atoms with Crippen LogP contribution in [-0.4, -0.2) is 43.4 Å². The Hall–Kier alpha value is -1.63. The van der Waals surface area contributed by atoms with Crippen molar-refractivity contribution in [1.29, 1.82) is 0 Å². The number of sulfonamides is 1. The second-order valence-electron chi connectivity index (χ2n) is 6.06. The maximum Gasteiger partial charge on any atom is 0.244 e. The molecule has 1 saturated heterocycles. The van der Waals surface area contributed by atoms with Crippen LogP contribution in [0.15, 0.2) is 47.5 Å². The first-order valence-corrected chi connectivity index (χ1v) is 9.65. The predicted octanol–water partition coefficient (Wildman–Crippen LogP) is 2.94. The second-order valence-corrected chi connectivity index (χ2v) is 8.39. The molecule has 3 rings (SSSR count). The van der Waals surface area contributed by atoms with Crippen molar-refractivity contribution in [3.8, 4) is 0 Å². The smallest absolute Gasteiger partial charge is 0.244 e. The Kier molecular flexibility index (Phi) is 4.80. The lowest BCUT2D eigenvalue weighted by Crippen LogP contribution is -2.53. The molecule has 128 valence electrons. The monoisotopic (exact) mass is 365 g/mol. The van der Waals surface area contributed by atoms with E-state index >= 15 is 0 Å². The molecule has 1 aliphatic heterocycles. The molecule has 5 nitrogen and oxygen atoms in total. The molecule has 1 aromatic carbocycles. The number of nitrogens with zero attached hydrogens (tertiary/aromatic N) is 3. The molecule has 0 bridgehead atoms. The molecule has 2 aromatic rings. The Morgan fingerprint density at radius 1 is 1.21 bits per heavy atom. The minimum absolute atomic E-state index is 0.0931. The van der Waals surface area contributed by atoms with Crippen molar-refractivity contribution in [3.05, 3.63) is 53.3 Å². The first-order chi connectivity index (χ1) is 11.4. The van der Waals surface area contributed by atoms with Crippen LogP contribution in [0, 0.1) is 6.92 Å². The third kappa shape index (κ3) is 3.41. The molecule has 0 aliphatic carbocycles. The molecule has 1 fully saturated rings. The summed E-state index contributed by atoms with van der Waals surface area (Å²) in [5, 5.41) is 0.284. The SMILES string of the molecule is Cc1cccc(N2CCN(S(=O)(=O)c3ccc(Cl)nc3)C[C@H]2C)c1. The van der Waals surface area contributed by atoms with Crippen molar-refractivity contribution in [3.63, 3.8) is 0 Å². The third-order valence-corrected chi connectivity index (χ3v) is 6.33. The number of benzene rings is 1. The van der Waals surface area contributed by atoms with Crippen molar-refractivity contribution in [2.24, 2.45) is 0 Å². The number of hydrogen-bond donors (Lipinski definition) is 0. The molecular weight excluding hydrogens is 346 g/mol. The molecule has 0 spiro atoms. The summed E-state index contributed by atoms with van der Waals surface area (Å²) in [7, 11) is -3.54. The zero-order valence-corrected chi connectivity index (χ0v) is 15.3. The first kappa shape index (κ1) is 17.2. The van der Waals surface area contributed by atoms with E-state index in [0.717, 1.165) is 5.69 Å². The van der Waals surface area contributed by atoms with Crippen LogP contribution in [-0.2, 0) is 10.0 Å². The topological polar surface area (TPSA) is 53.5 Å². The number of hydrogen-bond acceptors (Lipinski definition) is 4. The van der Waals surface area contributed by atoms with Crippen LogP contribution in [0.4, 0.5) is 5.69 Å². The van der Waals surface area contributed by atoms with E-state index < -0.39 is 10.0 Å². The summed E-state index contributed by atoms with van der Waals surface area (Å²) in [5.41, 5.74) is 2.33. The van der Waals surface area contributed by atoms with Gasteiger partial charge in [-0.05, 0) is 43.7 Å². The molecule has 0 amide bonds. The van der Waals surface area contributed by atoms with E-state index in [1.807, 2.05) is 13.0 Å². The minimum atomic E-state index is -3.54. The van der Waals surface area contributed by atoms with E-state index in [-0.39, 0.29) is 16.1 Å². The highest BCUT2D eigenvalue weighted by Crippen LogP contribution is 2.25. The molecule has 0 saturated carbocycles. The van der Waals surface area contributed by atoms with Gasteiger partial charge in [-0.15, -0.1) is 0 Å². The summed E-state index contributed by atoms with van der Waals surface area (Å²) in [4.78, 5) is 6.31. The zero-order chi connectivity index (χ0) is 17.3. The Labute approximate surface area is 147 Å². The molecule has 1 aliphatic rings. The lowest BCUT2D eigenvalue weighted by atomic mass is 10.1. The summed E-state index contributed by atoms with van der Waals surface area (Å²) in [6, 6.07) is 11.4. The van der Waals surface area contributed by atoms with Crippen LogP contribution in [0.3, 0.4) is 0 Å². The number of anilines is 1. The molecule has 1 atom stereocenters. The lowest BCUT2D eigenvalue weighted by Gasteiger charge is -2.40. The number of aryl methyl sites for hydroxylation is 1. The molecule has 0 N–H and O–H groups in total. The Morgan fingerprint density at radius 2 is 2.00 bits per heavy atom. The first-order valence-electron chi connectivity index (χ1n) is 7.83. The standard InChI is InChI=1S/C17H20ClN3O2S/c1-13-4-3-5-15(10-13)21-9-8-20(12-14(21)2)24(22,23)16-6-7-17(18)19-11-16/h3-7,10-11,14H,8-9,12H2,1-2H3/t14-/m1/s1. The van der Waals surface area contributed by atoms with Gasteiger partial charge in [0.2, 0.25) is 10.0 Å². The van der Waals surface area contributed by atoms with Gasteiger partial charge in [0.15, 0.2) is 0 Å². The van der Waals surface area contributed by atoms with Crippen molar-refractivity contribution in [1.82, 2.24) is 9.29 Å². The van der Waals surface area contributed by atoms with Gasteiger partial charge in [-0.2, -0.15) is 4.31 Å². The van der Waals surface area contributed by atoms with Gasteiger partial charge in [0.1, 0.15) is 10.0 Å². The number of piperazine rings is 1. The fraction of sp³-hybridized carbons (Fsp3) is 0.353. The lowest BCUT2D eigenvalue weighted by molar-refractivity contribution is 0.342. The van der Waals surface area contributed by atoms with E-state index in [1.165, 1.54) is 28.2 Å². The normalized spacial score (nSPS) is 19.5. The van der Waals surface area contributed by atoms with E-state index in [4.69, 9.17) is 11.6 Å². The molecule has 24 heavy (non-hydrogen) atoms. The van der Waals surface area contributed by atoms with Crippen LogP contribution in [0.1, 0.15) is 12.5 Å². The highest BCUT2D eigenvalue weighted by Gasteiger charge is 2.32. The zero-order valence-electron chi connectivity index (χ0n) is 13.7. The molecule has 2 heterocycles. The molecule has 0 radical (unpaired) electrons. The van der Waals surface area contributed by atoms with Crippen LogP contribution < -0.4 is 4.90 Å². The summed E-state index contributed by atoms with van der Waals surface area (Å²) < 4.78 is 27.1. The quantitative estimate of drug-likeness (QED) is 0.785. The summed E-state index contributed by atoms with van der Waals surface area (Å²) in [6.45, 7) is 5.65. The van der Waals surface area contributed by atoms with Gasteiger partial charge in [0.05, 0.1) is 0 Å². The summed E-state index contributed by atoms with van der Waals surface area (Å²) in [5.74, 6) is 0. The Morgan fingerprint density at radius 3 is 2.62 bits per heavy atom. The van der Waals surface area contributed by atoms with Crippen molar-refractivity contribution >= 4 is 27.3 Å². The highest BCUT2D eigenvalue weighted by atomic mass is 35.5. The van der Waals surface area contributed by atoms with Gasteiger partial charge in [-0.25, -0.2) is 13.4 Å². The van der Waals surface area contributed by atoms with Gasteiger partial charge < -0.3 is 4.90 Å². The van der Waals surface area contributed by atoms with Gasteiger partial charge >= 0.3 is 0 Å². The van der Waals surface area contributed by atoms with Gasteiger partial charge in [-0.1, -0.05) is 23.7 Å². The number of pyridine rings is 1. The average Bonchev–Trinajstić information content (AvgIpc) is 2.55. The third-order valence-electron chi connectivity index (χ3n) is 4.26. The van der Waals surface area contributed by atoms with Gasteiger partial charge in [0.25, 0.3) is 0 Å². The molecule has 0 unspecified atom stereocenters. The predicted molar refractivity (Wildman–Crippen MR) is 96.0 cm³/mol. The van der Waals surface area contributed by atoms with E-state index in [0.29, 0.717) is 19.6 Å². The number of aromatic nitrogens is 1. The van der Waals surface area contributed by atoms with Crippen molar-refractivity contribution < 1.29 is 8.42 Å². The van der Waals surface area contributed by atoms with Crippen molar-refractivity contribution in [2.75, 3.05) is 24.5 Å². The van der Waals surface area contributed by atoms with Crippen LogP contribution in [0.5, 0.6) is 0 Å². The van der Waals surface area contributed by atoms with E-state index in [9.17, 15) is 8.42 Å². The van der Waals surface area contributed by atoms with Gasteiger partial charge in [0, 0.05) is 37.6 Å². The van der Waals surface area contributed by atoms with Gasteiger partial charge in [-0.3, -0.25) is 0 Å². The summed E-state index contributed by atoms with van der Waals surface area (Å²) in [6.07, 6.45) is 1.31. The number of halogens is 1. The van der Waals surface area contributed by atoms with E-state index in [1.54, 1.807) is 0 Å².